The first-order valence-electron chi connectivity index (χ1n) is 6.37. The van der Waals surface area contributed by atoms with Crippen LogP contribution in [-0.4, -0.2) is 11.1 Å². The fourth-order valence-corrected chi connectivity index (χ4v) is 2.37. The zero-order valence-electron chi connectivity index (χ0n) is 11.0. The summed E-state index contributed by atoms with van der Waals surface area (Å²) >= 11 is 5.84. The quantitative estimate of drug-likeness (QED) is 0.902. The zero-order chi connectivity index (χ0) is 15.4. The van der Waals surface area contributed by atoms with E-state index in [0.717, 1.165) is 0 Å². The van der Waals surface area contributed by atoms with Gasteiger partial charge in [-0.1, -0.05) is 35.9 Å². The summed E-state index contributed by atoms with van der Waals surface area (Å²) in [6.07, 6.45) is 0.238. The Morgan fingerprint density at radius 2 is 1.86 bits per heavy atom. The number of hydrogen-bond acceptors (Lipinski definition) is 1. The Morgan fingerprint density at radius 1 is 1.14 bits per heavy atom. The molecule has 0 spiro atoms. The van der Waals surface area contributed by atoms with E-state index in [2.05, 4.69) is 0 Å². The summed E-state index contributed by atoms with van der Waals surface area (Å²) in [6, 6.07) is 10.1. The first-order chi connectivity index (χ1) is 9.97. The Kier molecular flexibility index (Phi) is 4.91. The van der Waals surface area contributed by atoms with Gasteiger partial charge in [-0.15, -0.1) is 0 Å². The highest BCUT2D eigenvalue weighted by Gasteiger charge is 2.21. The van der Waals surface area contributed by atoms with Crippen LogP contribution in [0.4, 0.5) is 8.78 Å². The van der Waals surface area contributed by atoms with Crippen molar-refractivity contribution in [3.63, 3.8) is 0 Å². The molecule has 0 aliphatic heterocycles. The highest BCUT2D eigenvalue weighted by molar-refractivity contribution is 6.31. The van der Waals surface area contributed by atoms with Gasteiger partial charge in [-0.25, -0.2) is 8.78 Å². The number of aliphatic carboxylic acids is 1. The van der Waals surface area contributed by atoms with Gasteiger partial charge in [0.1, 0.15) is 11.6 Å². The third kappa shape index (κ3) is 4.02. The van der Waals surface area contributed by atoms with Crippen molar-refractivity contribution in [1.29, 1.82) is 0 Å². The van der Waals surface area contributed by atoms with Crippen LogP contribution in [-0.2, 0) is 17.6 Å². The van der Waals surface area contributed by atoms with Crippen LogP contribution in [0.15, 0.2) is 42.5 Å². The van der Waals surface area contributed by atoms with E-state index in [1.54, 1.807) is 12.1 Å². The molecule has 21 heavy (non-hydrogen) atoms. The molecule has 0 aliphatic rings. The first kappa shape index (κ1) is 15.4. The molecule has 0 aliphatic carbocycles. The van der Waals surface area contributed by atoms with Crippen LogP contribution in [0.2, 0.25) is 5.02 Å². The molecule has 2 rings (SSSR count). The summed E-state index contributed by atoms with van der Waals surface area (Å²) < 4.78 is 26.5. The van der Waals surface area contributed by atoms with Gasteiger partial charge in [0.05, 0.1) is 10.9 Å². The lowest BCUT2D eigenvalue weighted by atomic mass is 9.92. The molecule has 0 amide bonds. The number of benzene rings is 2. The van der Waals surface area contributed by atoms with Crippen LogP contribution in [0.5, 0.6) is 0 Å². The zero-order valence-corrected chi connectivity index (χ0v) is 11.8. The Labute approximate surface area is 126 Å². The largest absolute Gasteiger partial charge is 0.481 e. The Bertz CT molecular complexity index is 658. The predicted octanol–water partition coefficient (Wildman–Crippen LogP) is 4.10. The van der Waals surface area contributed by atoms with Crippen molar-refractivity contribution in [1.82, 2.24) is 0 Å². The van der Waals surface area contributed by atoms with E-state index in [1.165, 1.54) is 30.3 Å². The molecule has 0 fully saturated rings. The predicted molar refractivity (Wildman–Crippen MR) is 76.3 cm³/mol. The third-order valence-corrected chi connectivity index (χ3v) is 3.64. The maximum absolute atomic E-state index is 13.4. The lowest BCUT2D eigenvalue weighted by molar-refractivity contribution is -0.141. The minimum atomic E-state index is -1.03. The third-order valence-electron chi connectivity index (χ3n) is 3.22. The van der Waals surface area contributed by atoms with Gasteiger partial charge in [-0.2, -0.15) is 0 Å². The van der Waals surface area contributed by atoms with Crippen molar-refractivity contribution in [2.75, 3.05) is 0 Å². The lowest BCUT2D eigenvalue weighted by Gasteiger charge is -2.14. The lowest BCUT2D eigenvalue weighted by Crippen LogP contribution is -2.19. The average molecular weight is 311 g/mol. The molecule has 2 nitrogen and oxygen atoms in total. The standard InChI is InChI=1S/C16H13ClF2O2/c17-15-11(4-2-6-14(15)19)9-12(16(20)21)7-10-3-1-5-13(18)8-10/h1-6,8,12H,7,9H2,(H,20,21). The molecule has 5 heteroatoms. The van der Waals surface area contributed by atoms with Crippen molar-refractivity contribution in [2.24, 2.45) is 5.92 Å². The van der Waals surface area contributed by atoms with Gasteiger partial charge in [-0.05, 0) is 42.2 Å². The Balaban J connectivity index is 2.20. The molecule has 2 aromatic carbocycles. The molecule has 0 bridgehead atoms. The number of halogens is 3. The second-order valence-corrected chi connectivity index (χ2v) is 5.16. The fourth-order valence-electron chi connectivity index (χ4n) is 2.17. The monoisotopic (exact) mass is 310 g/mol. The van der Waals surface area contributed by atoms with Crippen LogP contribution in [0.25, 0.3) is 0 Å². The highest BCUT2D eigenvalue weighted by Crippen LogP contribution is 2.24. The molecule has 110 valence electrons. The minimum absolute atomic E-state index is 0.0667. The molecule has 1 atom stereocenters. The summed E-state index contributed by atoms with van der Waals surface area (Å²) in [5.41, 5.74) is 1.01. The maximum atomic E-state index is 13.4. The summed E-state index contributed by atoms with van der Waals surface area (Å²) in [4.78, 5) is 11.4. The van der Waals surface area contributed by atoms with E-state index in [0.29, 0.717) is 11.1 Å². The van der Waals surface area contributed by atoms with Gasteiger partial charge >= 0.3 is 5.97 Å². The van der Waals surface area contributed by atoms with Crippen LogP contribution in [0.3, 0.4) is 0 Å². The number of hydrogen-bond donors (Lipinski definition) is 1. The summed E-state index contributed by atoms with van der Waals surface area (Å²) in [5, 5.41) is 9.23. The molecular formula is C16H13ClF2O2. The molecule has 0 saturated carbocycles. The van der Waals surface area contributed by atoms with Gasteiger partial charge in [0.2, 0.25) is 0 Å². The van der Waals surface area contributed by atoms with Gasteiger partial charge in [0.15, 0.2) is 0 Å². The molecule has 1 N–H and O–H groups in total. The smallest absolute Gasteiger partial charge is 0.307 e. The molecule has 0 heterocycles. The maximum Gasteiger partial charge on any atom is 0.307 e. The molecule has 0 saturated heterocycles. The number of carboxylic acid groups (broad SMARTS) is 1. The second-order valence-electron chi connectivity index (χ2n) is 4.79. The second kappa shape index (κ2) is 6.68. The van der Waals surface area contributed by atoms with Crippen LogP contribution in [0, 0.1) is 17.6 Å². The average Bonchev–Trinajstić information content (AvgIpc) is 2.43. The van der Waals surface area contributed by atoms with Crippen LogP contribution < -0.4 is 0 Å². The molecule has 2 aromatic rings. The van der Waals surface area contributed by atoms with Crippen molar-refractivity contribution in [3.05, 3.63) is 70.2 Å². The molecular weight excluding hydrogens is 298 g/mol. The van der Waals surface area contributed by atoms with Crippen LogP contribution >= 0.6 is 11.6 Å². The summed E-state index contributed by atoms with van der Waals surface area (Å²) in [7, 11) is 0. The van der Waals surface area contributed by atoms with Gasteiger partial charge in [0.25, 0.3) is 0 Å². The normalized spacial score (nSPS) is 12.1. The Hall–Kier alpha value is -1.94. The fraction of sp³-hybridized carbons (Fsp3) is 0.188. The van der Waals surface area contributed by atoms with E-state index >= 15 is 0 Å². The molecule has 0 aromatic heterocycles. The van der Waals surface area contributed by atoms with E-state index in [1.807, 2.05) is 0 Å². The number of carbonyl (C=O) groups is 1. The SMILES string of the molecule is O=C(O)C(Cc1cccc(F)c1)Cc1cccc(F)c1Cl. The van der Waals surface area contributed by atoms with Crippen molar-refractivity contribution in [2.45, 2.75) is 12.8 Å². The highest BCUT2D eigenvalue weighted by atomic mass is 35.5. The number of carboxylic acids is 1. The van der Waals surface area contributed by atoms with Gasteiger partial charge < -0.3 is 5.11 Å². The minimum Gasteiger partial charge on any atom is -0.481 e. The van der Waals surface area contributed by atoms with Crippen molar-refractivity contribution in [3.8, 4) is 0 Å². The molecule has 1 unspecified atom stereocenters. The van der Waals surface area contributed by atoms with Crippen molar-refractivity contribution < 1.29 is 18.7 Å². The molecule has 0 radical (unpaired) electrons. The summed E-state index contributed by atoms with van der Waals surface area (Å²) in [5.74, 6) is -2.82. The van der Waals surface area contributed by atoms with E-state index in [9.17, 15) is 18.7 Å². The van der Waals surface area contributed by atoms with E-state index < -0.39 is 23.5 Å². The topological polar surface area (TPSA) is 37.3 Å². The van der Waals surface area contributed by atoms with Crippen LogP contribution in [0.1, 0.15) is 11.1 Å². The Morgan fingerprint density at radius 3 is 2.52 bits per heavy atom. The van der Waals surface area contributed by atoms with Gasteiger partial charge in [0, 0.05) is 0 Å². The van der Waals surface area contributed by atoms with E-state index in [4.69, 9.17) is 11.6 Å². The van der Waals surface area contributed by atoms with E-state index in [-0.39, 0.29) is 17.9 Å². The first-order valence-corrected chi connectivity index (χ1v) is 6.75. The van der Waals surface area contributed by atoms with Crippen molar-refractivity contribution >= 4 is 17.6 Å². The van der Waals surface area contributed by atoms with Gasteiger partial charge in [-0.3, -0.25) is 4.79 Å². The number of rotatable bonds is 5. The summed E-state index contributed by atoms with van der Waals surface area (Å²) in [6.45, 7) is 0.